The summed E-state index contributed by atoms with van der Waals surface area (Å²) in [6, 6.07) is 9.59. The van der Waals surface area contributed by atoms with E-state index in [4.69, 9.17) is 14.2 Å². The zero-order valence-electron chi connectivity index (χ0n) is 21.2. The van der Waals surface area contributed by atoms with E-state index in [2.05, 4.69) is 4.90 Å². The Morgan fingerprint density at radius 2 is 1.81 bits per heavy atom. The predicted molar refractivity (Wildman–Crippen MR) is 136 cm³/mol. The second-order valence-electron chi connectivity index (χ2n) is 9.07. The number of aliphatic hydroxyl groups is 1. The lowest BCUT2D eigenvalue weighted by molar-refractivity contribution is -0.140. The average molecular weight is 513 g/mol. The Bertz CT molecular complexity index is 1140. The van der Waals surface area contributed by atoms with E-state index in [1.165, 1.54) is 36.3 Å². The number of benzene rings is 2. The van der Waals surface area contributed by atoms with Crippen molar-refractivity contribution >= 4 is 17.4 Å². The highest BCUT2D eigenvalue weighted by molar-refractivity contribution is 6.46. The van der Waals surface area contributed by atoms with Crippen LogP contribution in [0, 0.1) is 5.82 Å². The molecule has 2 fully saturated rings. The van der Waals surface area contributed by atoms with Gasteiger partial charge in [0.2, 0.25) is 0 Å². The number of carbonyl (C=O) groups is 2. The van der Waals surface area contributed by atoms with Crippen LogP contribution in [0.25, 0.3) is 5.76 Å². The maximum absolute atomic E-state index is 13.5. The summed E-state index contributed by atoms with van der Waals surface area (Å²) in [7, 11) is 1.52. The minimum atomic E-state index is -0.830. The highest BCUT2D eigenvalue weighted by atomic mass is 19.1. The van der Waals surface area contributed by atoms with Gasteiger partial charge in [0.25, 0.3) is 11.7 Å². The van der Waals surface area contributed by atoms with Crippen molar-refractivity contribution in [3.63, 3.8) is 0 Å². The number of Topliss-reactive ketones (excluding diaryl/α,β-unsaturated/α-hetero) is 1. The van der Waals surface area contributed by atoms with Crippen LogP contribution in [-0.4, -0.2) is 79.7 Å². The first-order chi connectivity index (χ1) is 17.9. The number of likely N-dealkylation sites (tertiary alicyclic amines) is 1. The number of hydrogen-bond donors (Lipinski definition) is 1. The second-order valence-corrected chi connectivity index (χ2v) is 9.07. The molecule has 2 aliphatic heterocycles. The van der Waals surface area contributed by atoms with Gasteiger partial charge in [-0.3, -0.25) is 14.5 Å². The van der Waals surface area contributed by atoms with Crippen LogP contribution in [0.1, 0.15) is 36.9 Å². The molecule has 8 nitrogen and oxygen atoms in total. The molecule has 2 aromatic carbocycles. The van der Waals surface area contributed by atoms with E-state index in [9.17, 15) is 19.1 Å². The van der Waals surface area contributed by atoms with Gasteiger partial charge < -0.3 is 24.2 Å². The first-order valence-corrected chi connectivity index (χ1v) is 12.6. The summed E-state index contributed by atoms with van der Waals surface area (Å²) < 4.78 is 30.2. The van der Waals surface area contributed by atoms with Gasteiger partial charge in [-0.15, -0.1) is 0 Å². The standard InChI is InChI=1S/C28H33FN2O6/c1-3-15-37-22-10-7-20(18-23(22)35-2)25-24(26(32)19-5-8-21(29)9-6-19)27(33)28(34)31(25)12-4-11-30-13-16-36-17-14-30/h5-10,18,25,32H,3-4,11-17H2,1-2H3/t25-/m1/s1. The Labute approximate surface area is 216 Å². The van der Waals surface area contributed by atoms with E-state index in [1.54, 1.807) is 18.2 Å². The van der Waals surface area contributed by atoms with Crippen LogP contribution in [0.4, 0.5) is 4.39 Å². The molecule has 1 amide bonds. The Balaban J connectivity index is 1.70. The molecule has 0 aliphatic carbocycles. The van der Waals surface area contributed by atoms with Gasteiger partial charge in [0, 0.05) is 31.7 Å². The lowest BCUT2D eigenvalue weighted by Crippen LogP contribution is -2.39. The van der Waals surface area contributed by atoms with Gasteiger partial charge in [0.15, 0.2) is 11.5 Å². The van der Waals surface area contributed by atoms with Crippen molar-refractivity contribution < 1.29 is 33.3 Å². The number of halogens is 1. The SMILES string of the molecule is CCCOc1ccc([C@@H]2C(=C(O)c3ccc(F)cc3)C(=O)C(=O)N2CCCN2CCOCC2)cc1OC. The molecule has 0 spiro atoms. The van der Waals surface area contributed by atoms with E-state index in [0.717, 1.165) is 26.1 Å². The molecule has 4 rings (SSSR count). The molecular weight excluding hydrogens is 479 g/mol. The molecule has 2 heterocycles. The van der Waals surface area contributed by atoms with Crippen molar-refractivity contribution in [3.8, 4) is 11.5 Å². The third kappa shape index (κ3) is 5.94. The summed E-state index contributed by atoms with van der Waals surface area (Å²) in [5, 5.41) is 11.2. The number of ether oxygens (including phenoxy) is 3. The number of aliphatic hydroxyl groups excluding tert-OH is 1. The van der Waals surface area contributed by atoms with Gasteiger partial charge in [0.1, 0.15) is 11.6 Å². The first kappa shape index (κ1) is 26.6. The van der Waals surface area contributed by atoms with Gasteiger partial charge in [-0.1, -0.05) is 13.0 Å². The summed E-state index contributed by atoms with van der Waals surface area (Å²) in [5.74, 6) is -1.25. The van der Waals surface area contributed by atoms with Crippen LogP contribution in [-0.2, 0) is 14.3 Å². The topological polar surface area (TPSA) is 88.5 Å². The summed E-state index contributed by atoms with van der Waals surface area (Å²) >= 11 is 0. The zero-order valence-corrected chi connectivity index (χ0v) is 21.2. The highest BCUT2D eigenvalue weighted by Crippen LogP contribution is 2.42. The number of methoxy groups -OCH3 is 1. The van der Waals surface area contributed by atoms with Crippen LogP contribution in [0.15, 0.2) is 48.0 Å². The third-order valence-corrected chi connectivity index (χ3v) is 6.60. The molecule has 0 radical (unpaired) electrons. The van der Waals surface area contributed by atoms with Crippen LogP contribution in [0.2, 0.25) is 0 Å². The van der Waals surface area contributed by atoms with Crippen molar-refractivity contribution in [1.29, 1.82) is 0 Å². The normalized spacial score (nSPS) is 19.9. The number of nitrogens with zero attached hydrogens (tertiary/aromatic N) is 2. The lowest BCUT2D eigenvalue weighted by Gasteiger charge is -2.29. The summed E-state index contributed by atoms with van der Waals surface area (Å²) in [6.45, 7) is 6.59. The quantitative estimate of drug-likeness (QED) is 0.295. The molecule has 37 heavy (non-hydrogen) atoms. The fourth-order valence-corrected chi connectivity index (χ4v) is 4.70. The minimum absolute atomic E-state index is 0.0349. The molecule has 0 bridgehead atoms. The molecule has 0 unspecified atom stereocenters. The van der Waals surface area contributed by atoms with E-state index in [-0.39, 0.29) is 16.9 Å². The van der Waals surface area contributed by atoms with Crippen molar-refractivity contribution in [2.75, 3.05) is 53.1 Å². The Kier molecular flexibility index (Phi) is 8.78. The van der Waals surface area contributed by atoms with Crippen LogP contribution in [0.5, 0.6) is 11.5 Å². The van der Waals surface area contributed by atoms with Crippen LogP contribution >= 0.6 is 0 Å². The summed E-state index contributed by atoms with van der Waals surface area (Å²) in [4.78, 5) is 30.2. The molecule has 2 aliphatic rings. The van der Waals surface area contributed by atoms with Gasteiger partial charge in [-0.05, 0) is 54.8 Å². The largest absolute Gasteiger partial charge is 0.507 e. The van der Waals surface area contributed by atoms with E-state index in [1.807, 2.05) is 6.92 Å². The molecule has 2 aromatic rings. The van der Waals surface area contributed by atoms with Crippen molar-refractivity contribution in [2.45, 2.75) is 25.8 Å². The molecular formula is C28H33FN2O6. The Hall–Kier alpha value is -3.43. The van der Waals surface area contributed by atoms with Gasteiger partial charge in [-0.25, -0.2) is 4.39 Å². The predicted octanol–water partition coefficient (Wildman–Crippen LogP) is 3.77. The third-order valence-electron chi connectivity index (χ3n) is 6.60. The fraction of sp³-hybridized carbons (Fsp3) is 0.429. The Morgan fingerprint density at radius 1 is 1.08 bits per heavy atom. The summed E-state index contributed by atoms with van der Waals surface area (Å²) in [6.07, 6.45) is 1.47. The smallest absolute Gasteiger partial charge is 0.295 e. The number of ketones is 1. The second kappa shape index (κ2) is 12.2. The Morgan fingerprint density at radius 3 is 2.49 bits per heavy atom. The maximum atomic E-state index is 13.5. The molecule has 1 atom stereocenters. The number of amides is 1. The van der Waals surface area contributed by atoms with Crippen LogP contribution in [0.3, 0.4) is 0 Å². The molecule has 198 valence electrons. The van der Waals surface area contributed by atoms with E-state index >= 15 is 0 Å². The average Bonchev–Trinajstić information content (AvgIpc) is 3.17. The van der Waals surface area contributed by atoms with Gasteiger partial charge in [0.05, 0.1) is 38.5 Å². The van der Waals surface area contributed by atoms with E-state index in [0.29, 0.717) is 49.8 Å². The summed E-state index contributed by atoms with van der Waals surface area (Å²) in [5.41, 5.74) is 0.828. The van der Waals surface area contributed by atoms with Crippen molar-refractivity contribution in [3.05, 3.63) is 65.0 Å². The van der Waals surface area contributed by atoms with Crippen LogP contribution < -0.4 is 9.47 Å². The number of morpholine rings is 1. The molecule has 2 saturated heterocycles. The molecule has 9 heteroatoms. The number of rotatable bonds is 10. The first-order valence-electron chi connectivity index (χ1n) is 12.6. The lowest BCUT2D eigenvalue weighted by atomic mass is 9.95. The van der Waals surface area contributed by atoms with E-state index < -0.39 is 23.5 Å². The zero-order chi connectivity index (χ0) is 26.4. The number of hydrogen-bond acceptors (Lipinski definition) is 7. The van der Waals surface area contributed by atoms with Crippen molar-refractivity contribution in [2.24, 2.45) is 0 Å². The molecule has 0 aromatic heterocycles. The number of carbonyl (C=O) groups excluding carboxylic acids is 2. The van der Waals surface area contributed by atoms with Gasteiger partial charge >= 0.3 is 0 Å². The highest BCUT2D eigenvalue weighted by Gasteiger charge is 2.46. The molecule has 0 saturated carbocycles. The monoisotopic (exact) mass is 512 g/mol. The maximum Gasteiger partial charge on any atom is 0.295 e. The fourth-order valence-electron chi connectivity index (χ4n) is 4.70. The molecule has 1 N–H and O–H groups in total. The van der Waals surface area contributed by atoms with Gasteiger partial charge in [-0.2, -0.15) is 0 Å². The van der Waals surface area contributed by atoms with Crippen molar-refractivity contribution in [1.82, 2.24) is 9.80 Å². The minimum Gasteiger partial charge on any atom is -0.507 e.